The summed E-state index contributed by atoms with van der Waals surface area (Å²) in [5, 5.41) is 3.78. The predicted molar refractivity (Wildman–Crippen MR) is 69.6 cm³/mol. The molecule has 0 spiro atoms. The topological polar surface area (TPSA) is 15.3 Å². The normalized spacial score (nSPS) is 36.9. The highest BCUT2D eigenvalue weighted by Gasteiger charge is 2.41. The quantitative estimate of drug-likeness (QED) is 0.789. The van der Waals surface area contributed by atoms with Crippen LogP contribution in [-0.4, -0.2) is 36.1 Å². The van der Waals surface area contributed by atoms with Crippen molar-refractivity contribution in [3.05, 3.63) is 0 Å². The van der Waals surface area contributed by atoms with Gasteiger partial charge in [-0.1, -0.05) is 20.8 Å². The molecule has 1 aliphatic carbocycles. The SMILES string of the molecule is CCC1(C)CN(CC(C)C)C(C2CC2)CN1. The molecule has 16 heavy (non-hydrogen) atoms. The van der Waals surface area contributed by atoms with Crippen molar-refractivity contribution in [2.24, 2.45) is 11.8 Å². The third-order valence-electron chi connectivity index (χ3n) is 4.31. The van der Waals surface area contributed by atoms with E-state index in [9.17, 15) is 0 Å². The maximum absolute atomic E-state index is 3.78. The molecule has 2 atom stereocenters. The van der Waals surface area contributed by atoms with Gasteiger partial charge in [-0.15, -0.1) is 0 Å². The van der Waals surface area contributed by atoms with Crippen molar-refractivity contribution in [1.29, 1.82) is 0 Å². The largest absolute Gasteiger partial charge is 0.309 e. The first-order valence-corrected chi connectivity index (χ1v) is 7.03. The van der Waals surface area contributed by atoms with E-state index in [1.165, 1.54) is 38.9 Å². The Balaban J connectivity index is 2.00. The van der Waals surface area contributed by atoms with Crippen LogP contribution in [0.2, 0.25) is 0 Å². The molecule has 2 aliphatic rings. The van der Waals surface area contributed by atoms with Gasteiger partial charge in [0.1, 0.15) is 0 Å². The van der Waals surface area contributed by atoms with Crippen molar-refractivity contribution in [3.8, 4) is 0 Å². The zero-order valence-corrected chi connectivity index (χ0v) is 11.4. The van der Waals surface area contributed by atoms with Gasteiger partial charge in [0.15, 0.2) is 0 Å². The van der Waals surface area contributed by atoms with Crippen molar-refractivity contribution in [2.45, 2.75) is 58.5 Å². The standard InChI is InChI=1S/C14H28N2/c1-5-14(4)10-16(9-11(2)3)13(8-15-14)12-6-7-12/h11-13,15H,5-10H2,1-4H3. The first-order valence-electron chi connectivity index (χ1n) is 7.03. The molecule has 0 amide bonds. The molecule has 2 nitrogen and oxygen atoms in total. The second-order valence-corrected chi connectivity index (χ2v) is 6.52. The van der Waals surface area contributed by atoms with E-state index in [0.717, 1.165) is 17.9 Å². The molecular formula is C14H28N2. The molecule has 0 bridgehead atoms. The fourth-order valence-corrected chi connectivity index (χ4v) is 2.95. The summed E-state index contributed by atoms with van der Waals surface area (Å²) in [7, 11) is 0. The summed E-state index contributed by atoms with van der Waals surface area (Å²) in [6, 6.07) is 0.821. The Bertz CT molecular complexity index is 235. The molecule has 0 aromatic rings. The number of hydrogen-bond donors (Lipinski definition) is 1. The number of nitrogens with zero attached hydrogens (tertiary/aromatic N) is 1. The van der Waals surface area contributed by atoms with Crippen molar-refractivity contribution < 1.29 is 0 Å². The molecule has 0 aromatic carbocycles. The van der Waals surface area contributed by atoms with Gasteiger partial charge >= 0.3 is 0 Å². The van der Waals surface area contributed by atoms with Gasteiger partial charge in [0.2, 0.25) is 0 Å². The minimum absolute atomic E-state index is 0.348. The lowest BCUT2D eigenvalue weighted by molar-refractivity contribution is 0.0629. The first kappa shape index (κ1) is 12.4. The Morgan fingerprint density at radius 3 is 2.56 bits per heavy atom. The van der Waals surface area contributed by atoms with E-state index in [1.54, 1.807) is 0 Å². The molecule has 1 heterocycles. The zero-order chi connectivity index (χ0) is 11.8. The lowest BCUT2D eigenvalue weighted by Gasteiger charge is -2.47. The lowest BCUT2D eigenvalue weighted by atomic mass is 9.91. The molecule has 1 saturated heterocycles. The molecule has 2 fully saturated rings. The Morgan fingerprint density at radius 2 is 2.06 bits per heavy atom. The van der Waals surface area contributed by atoms with Crippen LogP contribution in [0, 0.1) is 11.8 Å². The van der Waals surface area contributed by atoms with E-state index in [1.807, 2.05) is 0 Å². The van der Waals surface area contributed by atoms with Crippen LogP contribution < -0.4 is 5.32 Å². The van der Waals surface area contributed by atoms with Gasteiger partial charge in [-0.2, -0.15) is 0 Å². The lowest BCUT2D eigenvalue weighted by Crippen LogP contribution is -2.63. The van der Waals surface area contributed by atoms with Gasteiger partial charge in [0.05, 0.1) is 0 Å². The van der Waals surface area contributed by atoms with Gasteiger partial charge < -0.3 is 5.32 Å². The van der Waals surface area contributed by atoms with Gasteiger partial charge in [-0.25, -0.2) is 0 Å². The molecule has 1 aliphatic heterocycles. The zero-order valence-electron chi connectivity index (χ0n) is 11.4. The molecule has 2 heteroatoms. The second kappa shape index (κ2) is 4.66. The monoisotopic (exact) mass is 224 g/mol. The van der Waals surface area contributed by atoms with Crippen molar-refractivity contribution >= 4 is 0 Å². The smallest absolute Gasteiger partial charge is 0.0278 e. The summed E-state index contributed by atoms with van der Waals surface area (Å²) in [6.45, 7) is 13.1. The van der Waals surface area contributed by atoms with E-state index in [4.69, 9.17) is 0 Å². The van der Waals surface area contributed by atoms with Crippen LogP contribution in [-0.2, 0) is 0 Å². The fraction of sp³-hybridized carbons (Fsp3) is 1.00. The van der Waals surface area contributed by atoms with Crippen LogP contribution in [0.15, 0.2) is 0 Å². The van der Waals surface area contributed by atoms with Crippen LogP contribution in [0.1, 0.15) is 47.0 Å². The van der Waals surface area contributed by atoms with Gasteiger partial charge in [0.25, 0.3) is 0 Å². The highest BCUT2D eigenvalue weighted by molar-refractivity contribution is 4.99. The van der Waals surface area contributed by atoms with Crippen molar-refractivity contribution in [1.82, 2.24) is 10.2 Å². The minimum Gasteiger partial charge on any atom is -0.309 e. The van der Waals surface area contributed by atoms with Crippen LogP contribution >= 0.6 is 0 Å². The maximum atomic E-state index is 3.78. The van der Waals surface area contributed by atoms with Crippen LogP contribution in [0.4, 0.5) is 0 Å². The van der Waals surface area contributed by atoms with Crippen molar-refractivity contribution in [3.63, 3.8) is 0 Å². The van der Waals surface area contributed by atoms with Crippen LogP contribution in [0.25, 0.3) is 0 Å². The average molecular weight is 224 g/mol. The Hall–Kier alpha value is -0.0800. The molecular weight excluding hydrogens is 196 g/mol. The third kappa shape index (κ3) is 2.78. The summed E-state index contributed by atoms with van der Waals surface area (Å²) in [5.74, 6) is 1.79. The number of rotatable bonds is 4. The summed E-state index contributed by atoms with van der Waals surface area (Å²) in [6.07, 6.45) is 4.16. The summed E-state index contributed by atoms with van der Waals surface area (Å²) >= 11 is 0. The minimum atomic E-state index is 0.348. The highest BCUT2D eigenvalue weighted by Crippen LogP contribution is 2.37. The van der Waals surface area contributed by atoms with Crippen LogP contribution in [0.5, 0.6) is 0 Å². The fourth-order valence-electron chi connectivity index (χ4n) is 2.95. The van der Waals surface area contributed by atoms with Gasteiger partial charge in [-0.3, -0.25) is 4.90 Å². The third-order valence-corrected chi connectivity index (χ3v) is 4.31. The van der Waals surface area contributed by atoms with Crippen LogP contribution in [0.3, 0.4) is 0 Å². The molecule has 2 unspecified atom stereocenters. The number of piperazine rings is 1. The summed E-state index contributed by atoms with van der Waals surface area (Å²) in [5.41, 5.74) is 0.348. The van der Waals surface area contributed by atoms with Gasteiger partial charge in [-0.05, 0) is 38.0 Å². The highest BCUT2D eigenvalue weighted by atomic mass is 15.3. The van der Waals surface area contributed by atoms with E-state index < -0.39 is 0 Å². The summed E-state index contributed by atoms with van der Waals surface area (Å²) in [4.78, 5) is 2.77. The van der Waals surface area contributed by atoms with Crippen molar-refractivity contribution in [2.75, 3.05) is 19.6 Å². The second-order valence-electron chi connectivity index (χ2n) is 6.52. The number of nitrogens with one attached hydrogen (secondary N) is 1. The molecule has 0 aromatic heterocycles. The van der Waals surface area contributed by atoms with Gasteiger partial charge in [0, 0.05) is 31.2 Å². The molecule has 1 saturated carbocycles. The Labute approximate surface area is 101 Å². The molecule has 0 radical (unpaired) electrons. The molecule has 1 N–H and O–H groups in total. The summed E-state index contributed by atoms with van der Waals surface area (Å²) < 4.78 is 0. The predicted octanol–water partition coefficient (Wildman–Crippen LogP) is 2.49. The van der Waals surface area contributed by atoms with E-state index in [-0.39, 0.29) is 0 Å². The Kier molecular flexibility index (Phi) is 3.60. The van der Waals surface area contributed by atoms with E-state index >= 15 is 0 Å². The number of hydrogen-bond acceptors (Lipinski definition) is 2. The Morgan fingerprint density at radius 1 is 1.38 bits per heavy atom. The van der Waals surface area contributed by atoms with E-state index in [2.05, 4.69) is 37.9 Å². The molecule has 2 rings (SSSR count). The molecule has 94 valence electrons. The first-order chi connectivity index (χ1) is 7.54. The average Bonchev–Trinajstić information content (AvgIpc) is 3.01. The maximum Gasteiger partial charge on any atom is 0.0278 e. The van der Waals surface area contributed by atoms with E-state index in [0.29, 0.717) is 5.54 Å².